The molecule has 2 heteroatoms. The van der Waals surface area contributed by atoms with E-state index in [1.54, 1.807) is 0 Å². The van der Waals surface area contributed by atoms with E-state index in [2.05, 4.69) is 38.7 Å². The molecular formula is C27H22O2. The van der Waals surface area contributed by atoms with Crippen LogP contribution < -0.4 is 5.63 Å². The zero-order chi connectivity index (χ0) is 20.4. The summed E-state index contributed by atoms with van der Waals surface area (Å²) in [5.41, 5.74) is 4.27. The summed E-state index contributed by atoms with van der Waals surface area (Å²) < 4.78 is 5.72. The maximum atomic E-state index is 12.9. The van der Waals surface area contributed by atoms with Crippen molar-refractivity contribution in [2.45, 2.75) is 26.2 Å². The summed E-state index contributed by atoms with van der Waals surface area (Å²) in [6, 6.07) is 25.6. The molecule has 0 amide bonds. The van der Waals surface area contributed by atoms with Gasteiger partial charge in [-0.15, -0.1) is 0 Å². The molecule has 3 aromatic carbocycles. The highest BCUT2D eigenvalue weighted by Gasteiger charge is 2.19. The number of hydrogen-bond donors (Lipinski definition) is 0. The Bertz CT molecular complexity index is 1280. The van der Waals surface area contributed by atoms with E-state index in [9.17, 15) is 4.79 Å². The lowest BCUT2D eigenvalue weighted by Gasteiger charge is -2.19. The Morgan fingerprint density at radius 3 is 2.10 bits per heavy atom. The molecule has 4 rings (SSSR count). The average molecular weight is 378 g/mol. The van der Waals surface area contributed by atoms with Crippen LogP contribution >= 0.6 is 0 Å². The van der Waals surface area contributed by atoms with Gasteiger partial charge in [0.05, 0.1) is 0 Å². The Hall–Kier alpha value is -3.57. The maximum Gasteiger partial charge on any atom is 0.352 e. The molecule has 29 heavy (non-hydrogen) atoms. The van der Waals surface area contributed by atoms with Crippen molar-refractivity contribution in [2.75, 3.05) is 0 Å². The molecule has 0 unspecified atom stereocenters. The Morgan fingerprint density at radius 1 is 0.793 bits per heavy atom. The highest BCUT2D eigenvalue weighted by molar-refractivity contribution is 5.96. The minimum atomic E-state index is -0.411. The zero-order valence-electron chi connectivity index (χ0n) is 16.8. The molecule has 0 aliphatic heterocycles. The van der Waals surface area contributed by atoms with Gasteiger partial charge in [0.1, 0.15) is 11.1 Å². The molecule has 0 atom stereocenters. The third kappa shape index (κ3) is 3.86. The third-order valence-electron chi connectivity index (χ3n) is 4.94. The van der Waals surface area contributed by atoms with E-state index < -0.39 is 5.63 Å². The lowest BCUT2D eigenvalue weighted by molar-refractivity contribution is 0.552. The summed E-state index contributed by atoms with van der Waals surface area (Å²) in [4.78, 5) is 12.9. The van der Waals surface area contributed by atoms with Gasteiger partial charge >= 0.3 is 5.63 Å². The van der Waals surface area contributed by atoms with Crippen molar-refractivity contribution in [3.05, 3.63) is 106 Å². The highest BCUT2D eigenvalue weighted by atomic mass is 16.4. The van der Waals surface area contributed by atoms with Crippen molar-refractivity contribution in [2.24, 2.45) is 0 Å². The van der Waals surface area contributed by atoms with Crippen LogP contribution in [0.3, 0.4) is 0 Å². The van der Waals surface area contributed by atoms with Gasteiger partial charge in [-0.2, -0.15) is 0 Å². The Morgan fingerprint density at radius 2 is 1.45 bits per heavy atom. The topological polar surface area (TPSA) is 30.2 Å². The summed E-state index contributed by atoms with van der Waals surface area (Å²) in [5.74, 6) is 6.18. The van der Waals surface area contributed by atoms with Crippen LogP contribution in [0.5, 0.6) is 0 Å². The van der Waals surface area contributed by atoms with E-state index in [-0.39, 0.29) is 5.41 Å². The van der Waals surface area contributed by atoms with Crippen LogP contribution in [-0.2, 0) is 5.41 Å². The predicted molar refractivity (Wildman–Crippen MR) is 119 cm³/mol. The minimum Gasteiger partial charge on any atom is -0.422 e. The van der Waals surface area contributed by atoms with Gasteiger partial charge in [-0.3, -0.25) is 0 Å². The van der Waals surface area contributed by atoms with Gasteiger partial charge in [0, 0.05) is 16.5 Å². The van der Waals surface area contributed by atoms with Crippen LogP contribution in [0.25, 0.3) is 22.1 Å². The summed E-state index contributed by atoms with van der Waals surface area (Å²) in [6.45, 7) is 6.43. The lowest BCUT2D eigenvalue weighted by Crippen LogP contribution is -2.12. The number of benzene rings is 3. The average Bonchev–Trinajstić information content (AvgIpc) is 2.72. The lowest BCUT2D eigenvalue weighted by atomic mass is 9.86. The molecule has 4 aromatic rings. The van der Waals surface area contributed by atoms with Crippen molar-refractivity contribution < 1.29 is 4.42 Å². The van der Waals surface area contributed by atoms with Crippen LogP contribution in [0.1, 0.15) is 37.5 Å². The normalized spacial score (nSPS) is 11.1. The van der Waals surface area contributed by atoms with Gasteiger partial charge in [-0.25, -0.2) is 4.79 Å². The molecule has 1 aromatic heterocycles. The number of fused-ring (bicyclic) bond motifs is 1. The van der Waals surface area contributed by atoms with Crippen molar-refractivity contribution in [3.8, 4) is 23.0 Å². The van der Waals surface area contributed by atoms with Crippen molar-refractivity contribution in [1.82, 2.24) is 0 Å². The molecule has 0 spiro atoms. The first-order valence-electron chi connectivity index (χ1n) is 9.67. The van der Waals surface area contributed by atoms with Gasteiger partial charge in [-0.1, -0.05) is 93.3 Å². The quantitative estimate of drug-likeness (QED) is 0.293. The first-order chi connectivity index (χ1) is 13.9. The molecule has 0 aliphatic carbocycles. The van der Waals surface area contributed by atoms with Gasteiger partial charge in [0.15, 0.2) is 0 Å². The molecule has 0 saturated heterocycles. The van der Waals surface area contributed by atoms with Crippen LogP contribution in [0.2, 0.25) is 0 Å². The highest BCUT2D eigenvalue weighted by Crippen LogP contribution is 2.33. The maximum absolute atomic E-state index is 12.9. The molecule has 0 fully saturated rings. The fourth-order valence-corrected chi connectivity index (χ4v) is 3.34. The van der Waals surface area contributed by atoms with Crippen LogP contribution in [-0.4, -0.2) is 0 Å². The van der Waals surface area contributed by atoms with Crippen LogP contribution in [0.15, 0.2) is 88.1 Å². The number of hydrogen-bond acceptors (Lipinski definition) is 2. The summed E-state index contributed by atoms with van der Waals surface area (Å²) >= 11 is 0. The second-order valence-electron chi connectivity index (χ2n) is 8.08. The summed E-state index contributed by atoms with van der Waals surface area (Å²) in [7, 11) is 0. The first-order valence-corrected chi connectivity index (χ1v) is 9.67. The fourth-order valence-electron chi connectivity index (χ4n) is 3.34. The first kappa shape index (κ1) is 18.8. The summed E-state index contributed by atoms with van der Waals surface area (Å²) in [5, 5.41) is 0.890. The molecule has 142 valence electrons. The second-order valence-corrected chi connectivity index (χ2v) is 8.08. The van der Waals surface area contributed by atoms with Gasteiger partial charge < -0.3 is 4.42 Å². The summed E-state index contributed by atoms with van der Waals surface area (Å²) in [6.07, 6.45) is 0. The van der Waals surface area contributed by atoms with Gasteiger partial charge in [0.25, 0.3) is 0 Å². The van der Waals surface area contributed by atoms with Gasteiger partial charge in [-0.05, 0) is 34.7 Å². The standard InChI is InChI=1S/C27H22O2/c1-27(2,3)21-15-17-22-24(18-21)29-26(28)23(16-14-19-10-6-4-7-11-19)25(22)20-12-8-5-9-13-20/h4-13,15,17-18H,1-3H3. The van der Waals surface area contributed by atoms with Crippen molar-refractivity contribution in [1.29, 1.82) is 0 Å². The minimum absolute atomic E-state index is 0.0363. The van der Waals surface area contributed by atoms with Crippen LogP contribution in [0, 0.1) is 11.8 Å². The fraction of sp³-hybridized carbons (Fsp3) is 0.148. The van der Waals surface area contributed by atoms with E-state index >= 15 is 0 Å². The molecule has 0 N–H and O–H groups in total. The third-order valence-corrected chi connectivity index (χ3v) is 4.94. The van der Waals surface area contributed by atoms with Crippen molar-refractivity contribution >= 4 is 11.0 Å². The molecule has 0 aliphatic rings. The Labute approximate surface area is 170 Å². The van der Waals surface area contributed by atoms with Gasteiger partial charge in [0.2, 0.25) is 0 Å². The van der Waals surface area contributed by atoms with E-state index in [1.165, 1.54) is 0 Å². The molecular weight excluding hydrogens is 356 g/mol. The predicted octanol–water partition coefficient (Wildman–Crippen LogP) is 6.16. The molecule has 0 saturated carbocycles. The molecule has 1 heterocycles. The zero-order valence-corrected chi connectivity index (χ0v) is 16.8. The Kier molecular flexibility index (Phi) is 4.82. The molecule has 0 radical (unpaired) electrons. The second kappa shape index (κ2) is 7.45. The largest absolute Gasteiger partial charge is 0.422 e. The molecule has 0 bridgehead atoms. The molecule has 2 nitrogen and oxygen atoms in total. The van der Waals surface area contributed by atoms with E-state index in [0.29, 0.717) is 11.1 Å². The number of rotatable bonds is 1. The van der Waals surface area contributed by atoms with Crippen molar-refractivity contribution in [3.63, 3.8) is 0 Å². The van der Waals surface area contributed by atoms with E-state index in [4.69, 9.17) is 4.42 Å². The Balaban J connectivity index is 2.02. The van der Waals surface area contributed by atoms with Crippen LogP contribution in [0.4, 0.5) is 0 Å². The van der Waals surface area contributed by atoms with E-state index in [0.717, 1.165) is 27.6 Å². The smallest absolute Gasteiger partial charge is 0.352 e. The van der Waals surface area contributed by atoms with E-state index in [1.807, 2.05) is 72.8 Å². The SMILES string of the molecule is CC(C)(C)c1ccc2c(-c3ccccc3)c(C#Cc3ccccc3)c(=O)oc2c1. The monoisotopic (exact) mass is 378 g/mol.